The van der Waals surface area contributed by atoms with E-state index in [4.69, 9.17) is 15.5 Å². The first-order valence-electron chi connectivity index (χ1n) is 5.83. The van der Waals surface area contributed by atoms with E-state index in [1.54, 1.807) is 0 Å². The Bertz CT molecular complexity index is 290. The fourth-order valence-electron chi connectivity index (χ4n) is 2.13. The number of rotatable bonds is 6. The third kappa shape index (κ3) is 4.69. The molecule has 6 heteroatoms. The summed E-state index contributed by atoms with van der Waals surface area (Å²) in [5.41, 5.74) is 0. The van der Waals surface area contributed by atoms with Crippen molar-refractivity contribution in [2.24, 2.45) is 5.92 Å². The minimum atomic E-state index is -0.804. The predicted octanol–water partition coefficient (Wildman–Crippen LogP) is -0.743. The first-order chi connectivity index (χ1) is 8.17. The topological polar surface area (TPSA) is 96.6 Å². The zero-order valence-corrected chi connectivity index (χ0v) is 9.80. The van der Waals surface area contributed by atoms with E-state index in [-0.39, 0.29) is 19.2 Å². The van der Waals surface area contributed by atoms with Crippen molar-refractivity contribution >= 4 is 5.97 Å². The number of carbonyl (C=O) groups is 1. The molecule has 1 aliphatic heterocycles. The van der Waals surface area contributed by atoms with Gasteiger partial charge in [0.1, 0.15) is 0 Å². The lowest BCUT2D eigenvalue weighted by molar-refractivity contribution is -0.143. The van der Waals surface area contributed by atoms with Gasteiger partial charge in [-0.1, -0.05) is 0 Å². The third-order valence-corrected chi connectivity index (χ3v) is 2.94. The first-order valence-corrected chi connectivity index (χ1v) is 5.83. The molecule has 1 rings (SSSR count). The van der Waals surface area contributed by atoms with Gasteiger partial charge in [0, 0.05) is 25.7 Å². The van der Waals surface area contributed by atoms with Crippen LogP contribution < -0.4 is 5.32 Å². The number of hydrogen-bond donors (Lipinski definition) is 3. The van der Waals surface area contributed by atoms with E-state index in [0.717, 1.165) is 0 Å². The maximum atomic E-state index is 11.0. The van der Waals surface area contributed by atoms with Gasteiger partial charge in [0.15, 0.2) is 0 Å². The Morgan fingerprint density at radius 2 is 2.29 bits per heavy atom. The highest BCUT2D eigenvalue weighted by atomic mass is 16.4. The summed E-state index contributed by atoms with van der Waals surface area (Å²) in [6.07, 6.45) is 1.25. The summed E-state index contributed by atoms with van der Waals surface area (Å²) in [5.74, 6) is -1.22. The number of hydrogen-bond acceptors (Lipinski definition) is 5. The molecule has 0 aromatic heterocycles. The number of aliphatic hydroxyl groups excluding tert-OH is 1. The fourth-order valence-corrected chi connectivity index (χ4v) is 2.13. The minimum Gasteiger partial charge on any atom is -0.481 e. The van der Waals surface area contributed by atoms with Gasteiger partial charge in [-0.15, -0.1) is 0 Å². The number of nitrogens with one attached hydrogen (secondary N) is 1. The van der Waals surface area contributed by atoms with Gasteiger partial charge in [-0.3, -0.25) is 9.69 Å². The molecule has 2 unspecified atom stereocenters. The molecule has 0 aliphatic carbocycles. The summed E-state index contributed by atoms with van der Waals surface area (Å²) >= 11 is 0. The number of carboxylic acids is 1. The molecule has 2 atom stereocenters. The number of aliphatic hydroxyl groups is 1. The van der Waals surface area contributed by atoms with Gasteiger partial charge in [-0.05, 0) is 19.4 Å². The van der Waals surface area contributed by atoms with Gasteiger partial charge in [0.25, 0.3) is 0 Å². The normalized spacial score (nSPS) is 25.4. The van der Waals surface area contributed by atoms with Crippen LogP contribution in [-0.2, 0) is 4.79 Å². The van der Waals surface area contributed by atoms with E-state index in [2.05, 4.69) is 5.32 Å². The van der Waals surface area contributed by atoms with Gasteiger partial charge in [0.2, 0.25) is 0 Å². The molecule has 1 fully saturated rings. The molecule has 1 aliphatic rings. The number of nitrogens with zero attached hydrogens (tertiary/aromatic N) is 2. The molecule has 1 saturated heterocycles. The summed E-state index contributed by atoms with van der Waals surface area (Å²) in [6, 6.07) is 2.14. The Kier molecular flexibility index (Phi) is 5.91. The lowest BCUT2D eigenvalue weighted by atomic mass is 9.94. The van der Waals surface area contributed by atoms with Crippen LogP contribution in [0.15, 0.2) is 0 Å². The second kappa shape index (κ2) is 7.22. The molecule has 0 spiro atoms. The summed E-state index contributed by atoms with van der Waals surface area (Å²) in [4.78, 5) is 12.9. The van der Waals surface area contributed by atoms with Crippen molar-refractivity contribution in [2.45, 2.75) is 18.9 Å². The number of carboxylic acid groups (broad SMARTS) is 1. The maximum absolute atomic E-state index is 11.0. The lowest BCUT2D eigenvalue weighted by Gasteiger charge is -2.35. The highest BCUT2D eigenvalue weighted by molar-refractivity contribution is 5.70. The van der Waals surface area contributed by atoms with Crippen LogP contribution in [0.5, 0.6) is 0 Å². The molecule has 17 heavy (non-hydrogen) atoms. The Balaban J connectivity index is 2.47. The quantitative estimate of drug-likeness (QED) is 0.418. The van der Waals surface area contributed by atoms with Gasteiger partial charge >= 0.3 is 5.97 Å². The van der Waals surface area contributed by atoms with Crippen LogP contribution in [0.3, 0.4) is 0 Å². The number of aliphatic carboxylic acids is 1. The molecule has 0 aromatic rings. The molecule has 0 amide bonds. The Morgan fingerprint density at radius 3 is 2.88 bits per heavy atom. The van der Waals surface area contributed by atoms with E-state index in [9.17, 15) is 4.79 Å². The Labute approximate surface area is 101 Å². The second-order valence-electron chi connectivity index (χ2n) is 4.35. The number of likely N-dealkylation sites (tertiary alicyclic amines) is 1. The highest BCUT2D eigenvalue weighted by Crippen LogP contribution is 2.17. The molecule has 6 nitrogen and oxygen atoms in total. The smallest absolute Gasteiger partial charge is 0.307 e. The second-order valence-corrected chi connectivity index (χ2v) is 4.35. The van der Waals surface area contributed by atoms with Crippen molar-refractivity contribution < 1.29 is 15.0 Å². The van der Waals surface area contributed by atoms with Crippen LogP contribution in [-0.4, -0.2) is 59.9 Å². The van der Waals surface area contributed by atoms with Crippen LogP contribution >= 0.6 is 0 Å². The number of piperidine rings is 1. The van der Waals surface area contributed by atoms with Crippen molar-refractivity contribution in [3.8, 4) is 6.07 Å². The predicted molar refractivity (Wildman–Crippen MR) is 61.3 cm³/mol. The van der Waals surface area contributed by atoms with E-state index < -0.39 is 11.9 Å². The Morgan fingerprint density at radius 1 is 1.53 bits per heavy atom. The first kappa shape index (κ1) is 13.9. The summed E-state index contributed by atoms with van der Waals surface area (Å²) < 4.78 is 0. The van der Waals surface area contributed by atoms with Crippen molar-refractivity contribution in [1.82, 2.24) is 10.2 Å². The molecular weight excluding hydrogens is 222 g/mol. The molecule has 0 radical (unpaired) electrons. The van der Waals surface area contributed by atoms with Crippen LogP contribution in [0.1, 0.15) is 12.8 Å². The lowest BCUT2D eigenvalue weighted by Crippen LogP contribution is -2.51. The van der Waals surface area contributed by atoms with Crippen molar-refractivity contribution in [2.75, 3.05) is 32.8 Å². The van der Waals surface area contributed by atoms with Crippen LogP contribution in [0, 0.1) is 17.2 Å². The molecule has 1 heterocycles. The summed E-state index contributed by atoms with van der Waals surface area (Å²) in [5, 5.41) is 29.6. The summed E-state index contributed by atoms with van der Waals surface area (Å²) in [6.45, 7) is 2.21. The fraction of sp³-hybridized carbons (Fsp3) is 0.818. The minimum absolute atomic E-state index is 0.0877. The van der Waals surface area contributed by atoms with E-state index in [0.29, 0.717) is 32.5 Å². The zero-order valence-electron chi connectivity index (χ0n) is 9.80. The SMILES string of the molecule is N#CCN1CC(NCCCO)CC(C(=O)O)C1. The van der Waals surface area contributed by atoms with E-state index in [1.165, 1.54) is 0 Å². The van der Waals surface area contributed by atoms with E-state index in [1.807, 2.05) is 11.0 Å². The Hall–Kier alpha value is -1.16. The molecule has 96 valence electrons. The summed E-state index contributed by atoms with van der Waals surface area (Å²) in [7, 11) is 0. The molecule has 0 aromatic carbocycles. The number of nitriles is 1. The van der Waals surface area contributed by atoms with Crippen molar-refractivity contribution in [3.05, 3.63) is 0 Å². The molecular formula is C11H19N3O3. The van der Waals surface area contributed by atoms with Gasteiger partial charge in [0.05, 0.1) is 18.5 Å². The monoisotopic (exact) mass is 241 g/mol. The van der Waals surface area contributed by atoms with Crippen molar-refractivity contribution in [1.29, 1.82) is 5.26 Å². The molecule has 0 bridgehead atoms. The van der Waals surface area contributed by atoms with Gasteiger partial charge < -0.3 is 15.5 Å². The average Bonchev–Trinajstić information content (AvgIpc) is 2.29. The zero-order chi connectivity index (χ0) is 12.7. The van der Waals surface area contributed by atoms with Crippen molar-refractivity contribution in [3.63, 3.8) is 0 Å². The van der Waals surface area contributed by atoms with Gasteiger partial charge in [-0.25, -0.2) is 0 Å². The molecule has 0 saturated carbocycles. The maximum Gasteiger partial charge on any atom is 0.307 e. The largest absolute Gasteiger partial charge is 0.481 e. The third-order valence-electron chi connectivity index (χ3n) is 2.94. The van der Waals surface area contributed by atoms with Crippen LogP contribution in [0.25, 0.3) is 0 Å². The van der Waals surface area contributed by atoms with Gasteiger partial charge in [-0.2, -0.15) is 5.26 Å². The van der Waals surface area contributed by atoms with Crippen LogP contribution in [0.4, 0.5) is 0 Å². The van der Waals surface area contributed by atoms with Crippen LogP contribution in [0.2, 0.25) is 0 Å². The molecule has 3 N–H and O–H groups in total. The average molecular weight is 241 g/mol. The standard InChI is InChI=1S/C11H19N3O3/c12-2-4-14-7-9(11(16)17)6-10(8-14)13-3-1-5-15/h9-10,13,15H,1,3-8H2,(H,16,17). The van der Waals surface area contributed by atoms with E-state index >= 15 is 0 Å². The highest BCUT2D eigenvalue weighted by Gasteiger charge is 2.30.